The molecule has 23 heavy (non-hydrogen) atoms. The van der Waals surface area contributed by atoms with Crippen LogP contribution < -0.4 is 14.2 Å². The van der Waals surface area contributed by atoms with Gasteiger partial charge in [-0.15, -0.1) is 0 Å². The molecule has 0 aliphatic rings. The number of esters is 1. The Morgan fingerprint density at radius 1 is 1.22 bits per heavy atom. The van der Waals surface area contributed by atoms with Crippen molar-refractivity contribution in [1.29, 1.82) is 0 Å². The van der Waals surface area contributed by atoms with Gasteiger partial charge in [0.25, 0.3) is 5.69 Å². The van der Waals surface area contributed by atoms with Crippen LogP contribution in [0.15, 0.2) is 42.5 Å². The van der Waals surface area contributed by atoms with Crippen molar-refractivity contribution < 1.29 is 28.3 Å². The van der Waals surface area contributed by atoms with Crippen LogP contribution in [0.4, 0.5) is 10.1 Å². The standard InChI is InChI=1S/C15H12FNO6/c1-21-13-6-5-11(17(19)20)8-14(13)23-15(18)9-22-12-4-2-3-10(16)7-12/h2-8H,9H2,1H3. The highest BCUT2D eigenvalue weighted by Gasteiger charge is 2.16. The van der Waals surface area contributed by atoms with Gasteiger partial charge in [0.2, 0.25) is 0 Å². The minimum absolute atomic E-state index is 0.102. The van der Waals surface area contributed by atoms with Crippen molar-refractivity contribution in [3.05, 3.63) is 58.4 Å². The number of benzene rings is 2. The monoisotopic (exact) mass is 321 g/mol. The molecule has 0 saturated heterocycles. The number of nitrogens with zero attached hydrogens (tertiary/aromatic N) is 1. The van der Waals surface area contributed by atoms with Gasteiger partial charge >= 0.3 is 5.97 Å². The van der Waals surface area contributed by atoms with Gasteiger partial charge in [0.15, 0.2) is 18.1 Å². The molecule has 0 N–H and O–H groups in total. The number of rotatable bonds is 6. The largest absolute Gasteiger partial charge is 0.493 e. The number of carbonyl (C=O) groups excluding carboxylic acids is 1. The molecular weight excluding hydrogens is 309 g/mol. The summed E-state index contributed by atoms with van der Waals surface area (Å²) in [6.45, 7) is -0.491. The van der Waals surface area contributed by atoms with Crippen molar-refractivity contribution in [2.45, 2.75) is 0 Å². The summed E-state index contributed by atoms with van der Waals surface area (Å²) in [7, 11) is 1.34. The van der Waals surface area contributed by atoms with E-state index in [2.05, 4.69) is 0 Å². The normalized spacial score (nSPS) is 10.0. The first-order valence-electron chi connectivity index (χ1n) is 6.41. The number of nitro groups is 1. The zero-order valence-electron chi connectivity index (χ0n) is 12.0. The number of carbonyl (C=O) groups is 1. The maximum absolute atomic E-state index is 13.0. The van der Waals surface area contributed by atoms with Gasteiger partial charge in [-0.2, -0.15) is 0 Å². The van der Waals surface area contributed by atoms with Crippen LogP contribution in [0.1, 0.15) is 0 Å². The summed E-state index contributed by atoms with van der Waals surface area (Å²) in [6.07, 6.45) is 0. The fraction of sp³-hybridized carbons (Fsp3) is 0.133. The Kier molecular flexibility index (Phi) is 5.08. The minimum atomic E-state index is -0.812. The van der Waals surface area contributed by atoms with Crippen LogP contribution in [-0.2, 0) is 4.79 Å². The fourth-order valence-corrected chi connectivity index (χ4v) is 1.71. The highest BCUT2D eigenvalue weighted by molar-refractivity contribution is 5.75. The molecule has 0 bridgehead atoms. The summed E-state index contributed by atoms with van der Waals surface area (Å²) in [4.78, 5) is 21.9. The third-order valence-corrected chi connectivity index (χ3v) is 2.73. The lowest BCUT2D eigenvalue weighted by Crippen LogP contribution is -2.18. The number of halogens is 1. The second-order valence-electron chi connectivity index (χ2n) is 4.31. The first-order chi connectivity index (χ1) is 11.0. The number of non-ortho nitro benzene ring substituents is 1. The van der Waals surface area contributed by atoms with Crippen LogP contribution >= 0.6 is 0 Å². The predicted molar refractivity (Wildman–Crippen MR) is 77.2 cm³/mol. The molecule has 2 rings (SSSR count). The van der Waals surface area contributed by atoms with Crippen LogP contribution in [0, 0.1) is 15.9 Å². The second-order valence-corrected chi connectivity index (χ2v) is 4.31. The molecular formula is C15H12FNO6. The van der Waals surface area contributed by atoms with Crippen LogP contribution in [0.2, 0.25) is 0 Å². The average Bonchev–Trinajstić information content (AvgIpc) is 2.53. The Hall–Kier alpha value is -3.16. The molecule has 0 saturated carbocycles. The lowest BCUT2D eigenvalue weighted by Gasteiger charge is -2.09. The molecule has 0 heterocycles. The summed E-state index contributed by atoms with van der Waals surface area (Å²) in [5.74, 6) is -1.10. The van der Waals surface area contributed by atoms with Crippen LogP contribution in [-0.4, -0.2) is 24.6 Å². The molecule has 0 radical (unpaired) electrons. The highest BCUT2D eigenvalue weighted by Crippen LogP contribution is 2.31. The molecule has 0 aliphatic heterocycles. The van der Waals surface area contributed by atoms with E-state index in [9.17, 15) is 19.3 Å². The van der Waals surface area contributed by atoms with Crippen molar-refractivity contribution >= 4 is 11.7 Å². The summed E-state index contributed by atoms with van der Waals surface area (Å²) in [6, 6.07) is 8.86. The quantitative estimate of drug-likeness (QED) is 0.352. The van der Waals surface area contributed by atoms with Crippen molar-refractivity contribution in [2.24, 2.45) is 0 Å². The second kappa shape index (κ2) is 7.21. The first-order valence-corrected chi connectivity index (χ1v) is 6.41. The molecule has 0 amide bonds. The van der Waals surface area contributed by atoms with Gasteiger partial charge in [-0.05, 0) is 18.2 Å². The van der Waals surface area contributed by atoms with E-state index in [1.807, 2.05) is 0 Å². The Labute approximate surface area is 130 Å². The first kappa shape index (κ1) is 16.2. The minimum Gasteiger partial charge on any atom is -0.493 e. The van der Waals surface area contributed by atoms with E-state index in [1.165, 1.54) is 37.4 Å². The van der Waals surface area contributed by atoms with E-state index in [0.717, 1.165) is 12.1 Å². The summed E-state index contributed by atoms with van der Waals surface area (Å²) in [5, 5.41) is 10.7. The molecule has 8 heteroatoms. The molecule has 2 aromatic rings. The number of hydrogen-bond acceptors (Lipinski definition) is 6. The lowest BCUT2D eigenvalue weighted by molar-refractivity contribution is -0.384. The fourth-order valence-electron chi connectivity index (χ4n) is 1.71. The number of ether oxygens (including phenoxy) is 3. The van der Waals surface area contributed by atoms with Crippen molar-refractivity contribution in [2.75, 3.05) is 13.7 Å². The molecule has 0 aromatic heterocycles. The Morgan fingerprint density at radius 2 is 2.00 bits per heavy atom. The third kappa shape index (κ3) is 4.40. The summed E-state index contributed by atoms with van der Waals surface area (Å²) >= 11 is 0. The molecule has 0 unspecified atom stereocenters. The maximum atomic E-state index is 13.0. The van der Waals surface area contributed by atoms with Crippen LogP contribution in [0.5, 0.6) is 17.2 Å². The van der Waals surface area contributed by atoms with E-state index in [1.54, 1.807) is 0 Å². The zero-order chi connectivity index (χ0) is 16.8. The van der Waals surface area contributed by atoms with Gasteiger partial charge in [-0.3, -0.25) is 10.1 Å². The van der Waals surface area contributed by atoms with Crippen LogP contribution in [0.3, 0.4) is 0 Å². The number of nitro benzene ring substituents is 1. The third-order valence-electron chi connectivity index (χ3n) is 2.73. The SMILES string of the molecule is COc1ccc([N+](=O)[O-])cc1OC(=O)COc1cccc(F)c1. The van der Waals surface area contributed by atoms with E-state index in [-0.39, 0.29) is 22.9 Å². The Bertz CT molecular complexity index is 734. The van der Waals surface area contributed by atoms with Gasteiger partial charge in [0.1, 0.15) is 11.6 Å². The molecule has 0 fully saturated rings. The lowest BCUT2D eigenvalue weighted by atomic mass is 10.3. The summed E-state index contributed by atoms with van der Waals surface area (Å²) in [5.41, 5.74) is -0.250. The Morgan fingerprint density at radius 3 is 2.65 bits per heavy atom. The van der Waals surface area contributed by atoms with Crippen LogP contribution in [0.25, 0.3) is 0 Å². The van der Waals surface area contributed by atoms with E-state index < -0.39 is 23.3 Å². The zero-order valence-corrected chi connectivity index (χ0v) is 12.0. The van der Waals surface area contributed by atoms with E-state index in [0.29, 0.717) is 0 Å². The topological polar surface area (TPSA) is 87.9 Å². The van der Waals surface area contributed by atoms with Crippen molar-refractivity contribution in [3.63, 3.8) is 0 Å². The van der Waals surface area contributed by atoms with Gasteiger partial charge in [-0.1, -0.05) is 6.07 Å². The predicted octanol–water partition coefficient (Wildman–Crippen LogP) is 2.73. The van der Waals surface area contributed by atoms with Gasteiger partial charge < -0.3 is 14.2 Å². The van der Waals surface area contributed by atoms with E-state index in [4.69, 9.17) is 14.2 Å². The number of hydrogen-bond donors (Lipinski definition) is 0. The Balaban J connectivity index is 2.04. The maximum Gasteiger partial charge on any atom is 0.349 e. The van der Waals surface area contributed by atoms with Gasteiger partial charge in [0.05, 0.1) is 18.1 Å². The average molecular weight is 321 g/mol. The molecule has 0 atom stereocenters. The molecule has 0 aliphatic carbocycles. The molecule has 7 nitrogen and oxygen atoms in total. The van der Waals surface area contributed by atoms with Crippen molar-refractivity contribution in [3.8, 4) is 17.2 Å². The van der Waals surface area contributed by atoms with Crippen molar-refractivity contribution in [1.82, 2.24) is 0 Å². The highest BCUT2D eigenvalue weighted by atomic mass is 19.1. The van der Waals surface area contributed by atoms with Gasteiger partial charge in [-0.25, -0.2) is 9.18 Å². The molecule has 2 aromatic carbocycles. The summed E-state index contributed by atoms with van der Waals surface area (Å²) < 4.78 is 28.0. The molecule has 120 valence electrons. The van der Waals surface area contributed by atoms with Gasteiger partial charge in [0, 0.05) is 12.1 Å². The molecule has 0 spiro atoms. The van der Waals surface area contributed by atoms with E-state index >= 15 is 0 Å². The number of methoxy groups -OCH3 is 1. The smallest absolute Gasteiger partial charge is 0.349 e.